The highest BCUT2D eigenvalue weighted by molar-refractivity contribution is 5.79. The minimum absolute atomic E-state index is 0.0742. The molecule has 136 valence electrons. The van der Waals surface area contributed by atoms with Crippen LogP contribution in [-0.4, -0.2) is 28.6 Å². The minimum atomic E-state index is -0.103. The molecular formula is C19H22N4O3. The number of methoxy groups -OCH3 is 1. The molecule has 0 spiro atoms. The Labute approximate surface area is 151 Å². The highest BCUT2D eigenvalue weighted by Gasteiger charge is 2.31. The van der Waals surface area contributed by atoms with Crippen molar-refractivity contribution in [3.63, 3.8) is 0 Å². The lowest BCUT2D eigenvalue weighted by Gasteiger charge is -2.32. The summed E-state index contributed by atoms with van der Waals surface area (Å²) in [6.07, 6.45) is 4.84. The average Bonchev–Trinajstić information content (AvgIpc) is 3.25. The van der Waals surface area contributed by atoms with Crippen molar-refractivity contribution in [2.45, 2.75) is 31.5 Å². The van der Waals surface area contributed by atoms with Crippen molar-refractivity contribution in [3.8, 4) is 5.75 Å². The van der Waals surface area contributed by atoms with Crippen LogP contribution in [0.2, 0.25) is 0 Å². The van der Waals surface area contributed by atoms with Gasteiger partial charge in [-0.1, -0.05) is 0 Å². The van der Waals surface area contributed by atoms with Crippen LogP contribution in [-0.2, 0) is 18.4 Å². The van der Waals surface area contributed by atoms with Crippen molar-refractivity contribution in [2.75, 3.05) is 7.11 Å². The lowest BCUT2D eigenvalue weighted by Crippen LogP contribution is -2.48. The van der Waals surface area contributed by atoms with Crippen LogP contribution >= 0.6 is 0 Å². The van der Waals surface area contributed by atoms with Crippen molar-refractivity contribution >= 4 is 16.9 Å². The Balaban J connectivity index is 1.50. The molecule has 0 aliphatic carbocycles. The molecule has 26 heavy (non-hydrogen) atoms. The topological polar surface area (TPSA) is 81.3 Å². The molecule has 1 fully saturated rings. The number of imidazole rings is 1. The van der Waals surface area contributed by atoms with Crippen molar-refractivity contribution in [2.24, 2.45) is 7.05 Å². The first-order chi connectivity index (χ1) is 12.6. The van der Waals surface area contributed by atoms with Gasteiger partial charge in [0.05, 0.1) is 37.9 Å². The Bertz CT molecular complexity index is 930. The average molecular weight is 354 g/mol. The first-order valence-electron chi connectivity index (χ1n) is 8.69. The maximum absolute atomic E-state index is 11.9. The molecule has 0 saturated carbocycles. The van der Waals surface area contributed by atoms with Gasteiger partial charge >= 0.3 is 0 Å². The van der Waals surface area contributed by atoms with E-state index in [1.807, 2.05) is 35.9 Å². The highest BCUT2D eigenvalue weighted by Crippen LogP contribution is 2.26. The van der Waals surface area contributed by atoms with Crippen LogP contribution in [0, 0.1) is 0 Å². The summed E-state index contributed by atoms with van der Waals surface area (Å²) in [7, 11) is 3.59. The number of amides is 1. The summed E-state index contributed by atoms with van der Waals surface area (Å²) in [6.45, 7) is 0.589. The van der Waals surface area contributed by atoms with Gasteiger partial charge in [0.15, 0.2) is 0 Å². The molecule has 2 aromatic heterocycles. The fourth-order valence-electron chi connectivity index (χ4n) is 3.49. The van der Waals surface area contributed by atoms with Crippen molar-refractivity contribution in [3.05, 3.63) is 48.2 Å². The van der Waals surface area contributed by atoms with Crippen LogP contribution < -0.4 is 15.4 Å². The molecule has 3 aromatic rings. The lowest BCUT2D eigenvalue weighted by molar-refractivity contribution is -0.124. The third-order valence-corrected chi connectivity index (χ3v) is 4.89. The van der Waals surface area contributed by atoms with E-state index in [1.165, 1.54) is 0 Å². The van der Waals surface area contributed by atoms with E-state index in [0.29, 0.717) is 13.0 Å². The second-order valence-corrected chi connectivity index (χ2v) is 6.62. The molecular weight excluding hydrogens is 332 g/mol. The van der Waals surface area contributed by atoms with Crippen LogP contribution in [0.4, 0.5) is 0 Å². The van der Waals surface area contributed by atoms with Crippen LogP contribution in [0.15, 0.2) is 41.2 Å². The third-order valence-electron chi connectivity index (χ3n) is 4.89. The minimum Gasteiger partial charge on any atom is -0.497 e. The molecule has 3 heterocycles. The smallest absolute Gasteiger partial charge is 0.220 e. The standard InChI is InChI=1S/C19H22N4O3/c1-23-11-20-10-16(23)19-15(4-6-18(24)22-19)21-9-14-8-12-7-13(25-2)3-5-17(12)26-14/h3,5,7-8,10-11,15,19,21H,4,6,9H2,1-2H3,(H,22,24)/t15-,19-/m1/s1. The zero-order chi connectivity index (χ0) is 18.1. The second-order valence-electron chi connectivity index (χ2n) is 6.62. The fourth-order valence-corrected chi connectivity index (χ4v) is 3.49. The second kappa shape index (κ2) is 6.84. The number of benzene rings is 1. The number of aryl methyl sites for hydroxylation is 1. The summed E-state index contributed by atoms with van der Waals surface area (Å²) in [5.41, 5.74) is 1.83. The number of nitrogens with zero attached hydrogens (tertiary/aromatic N) is 2. The number of furan rings is 1. The van der Waals surface area contributed by atoms with Crippen LogP contribution in [0.3, 0.4) is 0 Å². The molecule has 2 atom stereocenters. The first-order valence-corrected chi connectivity index (χ1v) is 8.69. The van der Waals surface area contributed by atoms with Crippen LogP contribution in [0.25, 0.3) is 11.0 Å². The number of nitrogens with one attached hydrogen (secondary N) is 2. The molecule has 0 unspecified atom stereocenters. The SMILES string of the molecule is COc1ccc2oc(CN[C@@H]3CCC(=O)N[C@H]3c3cncn3C)cc2c1. The number of carbonyl (C=O) groups excluding carboxylic acids is 1. The fraction of sp³-hybridized carbons (Fsp3) is 0.368. The summed E-state index contributed by atoms with van der Waals surface area (Å²) >= 11 is 0. The maximum Gasteiger partial charge on any atom is 0.220 e. The normalized spacial score (nSPS) is 20.3. The van der Waals surface area contributed by atoms with Gasteiger partial charge in [-0.25, -0.2) is 4.98 Å². The Morgan fingerprint density at radius 1 is 1.42 bits per heavy atom. The number of hydrogen-bond acceptors (Lipinski definition) is 5. The summed E-state index contributed by atoms with van der Waals surface area (Å²) in [5, 5.41) is 7.63. The molecule has 1 aromatic carbocycles. The van der Waals surface area contributed by atoms with Gasteiger partial charge in [-0.05, 0) is 30.7 Å². The monoisotopic (exact) mass is 354 g/mol. The van der Waals surface area contributed by atoms with E-state index < -0.39 is 0 Å². The number of piperidine rings is 1. The van der Waals surface area contributed by atoms with Gasteiger partial charge in [0, 0.05) is 24.9 Å². The van der Waals surface area contributed by atoms with Crippen LogP contribution in [0.1, 0.15) is 30.3 Å². The maximum atomic E-state index is 11.9. The third kappa shape index (κ3) is 3.17. The quantitative estimate of drug-likeness (QED) is 0.735. The molecule has 4 rings (SSSR count). The molecule has 0 radical (unpaired) electrons. The van der Waals surface area contributed by atoms with Gasteiger partial charge in [0.25, 0.3) is 0 Å². The summed E-state index contributed by atoms with van der Waals surface area (Å²) in [5.74, 6) is 1.74. The highest BCUT2D eigenvalue weighted by atomic mass is 16.5. The van der Waals surface area contributed by atoms with Crippen molar-refractivity contribution in [1.29, 1.82) is 0 Å². The van der Waals surface area contributed by atoms with E-state index in [0.717, 1.165) is 34.6 Å². The number of aromatic nitrogens is 2. The molecule has 2 N–H and O–H groups in total. The van der Waals surface area contributed by atoms with Gasteiger partial charge in [0.2, 0.25) is 5.91 Å². The predicted octanol–water partition coefficient (Wildman–Crippen LogP) is 2.28. The Hall–Kier alpha value is -2.80. The summed E-state index contributed by atoms with van der Waals surface area (Å²) in [4.78, 5) is 16.1. The van der Waals surface area contributed by atoms with E-state index in [-0.39, 0.29) is 18.0 Å². The Morgan fingerprint density at radius 3 is 3.08 bits per heavy atom. The number of ether oxygens (including phenoxy) is 1. The summed E-state index contributed by atoms with van der Waals surface area (Å²) < 4.78 is 13.1. The number of rotatable bonds is 5. The van der Waals surface area contributed by atoms with Gasteiger partial charge in [-0.2, -0.15) is 0 Å². The van der Waals surface area contributed by atoms with E-state index >= 15 is 0 Å². The first kappa shape index (κ1) is 16.7. The predicted molar refractivity (Wildman–Crippen MR) is 96.7 cm³/mol. The van der Waals surface area contributed by atoms with Crippen LogP contribution in [0.5, 0.6) is 5.75 Å². The zero-order valence-electron chi connectivity index (χ0n) is 14.9. The number of fused-ring (bicyclic) bond motifs is 1. The molecule has 1 amide bonds. The number of hydrogen-bond donors (Lipinski definition) is 2. The Morgan fingerprint density at radius 2 is 2.31 bits per heavy atom. The Kier molecular flexibility index (Phi) is 4.38. The molecule has 7 nitrogen and oxygen atoms in total. The van der Waals surface area contributed by atoms with E-state index in [1.54, 1.807) is 19.6 Å². The molecule has 0 bridgehead atoms. The van der Waals surface area contributed by atoms with E-state index in [9.17, 15) is 4.79 Å². The van der Waals surface area contributed by atoms with Gasteiger partial charge in [-0.3, -0.25) is 4.79 Å². The largest absolute Gasteiger partial charge is 0.497 e. The molecule has 1 saturated heterocycles. The molecule has 7 heteroatoms. The lowest BCUT2D eigenvalue weighted by atomic mass is 9.95. The van der Waals surface area contributed by atoms with E-state index in [2.05, 4.69) is 15.6 Å². The van der Waals surface area contributed by atoms with E-state index in [4.69, 9.17) is 9.15 Å². The zero-order valence-corrected chi connectivity index (χ0v) is 14.9. The molecule has 1 aliphatic heterocycles. The molecule has 1 aliphatic rings. The van der Waals surface area contributed by atoms with Gasteiger partial charge < -0.3 is 24.4 Å². The van der Waals surface area contributed by atoms with Crippen molar-refractivity contribution in [1.82, 2.24) is 20.2 Å². The van der Waals surface area contributed by atoms with Gasteiger partial charge in [0.1, 0.15) is 17.1 Å². The summed E-state index contributed by atoms with van der Waals surface area (Å²) in [6, 6.07) is 7.79. The van der Waals surface area contributed by atoms with Gasteiger partial charge in [-0.15, -0.1) is 0 Å². The van der Waals surface area contributed by atoms with Crippen molar-refractivity contribution < 1.29 is 13.9 Å². The number of carbonyl (C=O) groups is 1.